The molecule has 2 nitrogen and oxygen atoms in total. The molecule has 0 saturated carbocycles. The van der Waals surface area contributed by atoms with Crippen molar-refractivity contribution in [2.75, 3.05) is 5.73 Å². The molecule has 0 amide bonds. The number of hydrogen-bond donors (Lipinski definition) is 1. The van der Waals surface area contributed by atoms with E-state index in [1.807, 2.05) is 30.4 Å². The third-order valence-corrected chi connectivity index (χ3v) is 2.73. The number of hydrogen-bond acceptors (Lipinski definition) is 2. The lowest BCUT2D eigenvalue weighted by Crippen LogP contribution is -2.00. The van der Waals surface area contributed by atoms with Crippen LogP contribution in [0.25, 0.3) is 11.6 Å². The van der Waals surface area contributed by atoms with E-state index >= 15 is 0 Å². The quantitative estimate of drug-likeness (QED) is 0.645. The van der Waals surface area contributed by atoms with Gasteiger partial charge in [0.2, 0.25) is 0 Å². The summed E-state index contributed by atoms with van der Waals surface area (Å²) < 4.78 is 0. The van der Waals surface area contributed by atoms with E-state index in [9.17, 15) is 4.79 Å². The topological polar surface area (TPSA) is 43.1 Å². The smallest absolute Gasteiger partial charge is 0.186 e. The summed E-state index contributed by atoms with van der Waals surface area (Å²) in [6.07, 6.45) is 7.25. The zero-order valence-corrected chi connectivity index (χ0v) is 8.03. The Bertz CT molecular complexity index is 562. The fourth-order valence-electron chi connectivity index (χ4n) is 2.02. The van der Waals surface area contributed by atoms with Crippen molar-refractivity contribution in [2.24, 2.45) is 0 Å². The van der Waals surface area contributed by atoms with Crippen molar-refractivity contribution in [2.45, 2.75) is 0 Å². The second kappa shape index (κ2) is 2.70. The highest BCUT2D eigenvalue weighted by Crippen LogP contribution is 2.38. The zero-order chi connectivity index (χ0) is 10.4. The third-order valence-electron chi connectivity index (χ3n) is 2.73. The van der Waals surface area contributed by atoms with Crippen LogP contribution < -0.4 is 5.73 Å². The molecule has 2 aliphatic carbocycles. The van der Waals surface area contributed by atoms with Gasteiger partial charge in [-0.15, -0.1) is 0 Å². The van der Waals surface area contributed by atoms with E-state index in [0.29, 0.717) is 0 Å². The van der Waals surface area contributed by atoms with Crippen LogP contribution in [0.3, 0.4) is 0 Å². The van der Waals surface area contributed by atoms with Crippen LogP contribution in [-0.4, -0.2) is 5.78 Å². The minimum absolute atomic E-state index is 0.0715. The van der Waals surface area contributed by atoms with Gasteiger partial charge in [0, 0.05) is 11.3 Å². The highest BCUT2D eigenvalue weighted by molar-refractivity contribution is 6.23. The molecule has 0 unspecified atom stereocenters. The number of nitrogen functional groups attached to an aromatic ring is 1. The summed E-state index contributed by atoms with van der Waals surface area (Å²) in [5.41, 5.74) is 10.4. The largest absolute Gasteiger partial charge is 0.399 e. The maximum atomic E-state index is 11.6. The Hall–Kier alpha value is -2.09. The number of rotatable bonds is 0. The lowest BCUT2D eigenvalue weighted by atomic mass is 9.96. The number of ketones is 1. The number of carbonyl (C=O) groups excluding carboxylic acids is 1. The first-order valence-corrected chi connectivity index (χ1v) is 4.80. The number of carbonyl (C=O) groups is 1. The van der Waals surface area contributed by atoms with E-state index in [4.69, 9.17) is 5.73 Å². The Morgan fingerprint density at radius 3 is 2.87 bits per heavy atom. The fraction of sp³-hybridized carbons (Fsp3) is 0. The maximum Gasteiger partial charge on any atom is 0.186 e. The number of anilines is 1. The van der Waals surface area contributed by atoms with Crippen LogP contribution in [0.2, 0.25) is 0 Å². The molecule has 72 valence electrons. The molecule has 0 fully saturated rings. The van der Waals surface area contributed by atoms with Crippen molar-refractivity contribution < 1.29 is 4.79 Å². The molecule has 1 aromatic rings. The molecule has 15 heavy (non-hydrogen) atoms. The van der Waals surface area contributed by atoms with Crippen LogP contribution >= 0.6 is 0 Å². The zero-order valence-electron chi connectivity index (χ0n) is 8.03. The van der Waals surface area contributed by atoms with E-state index < -0.39 is 0 Å². The lowest BCUT2D eigenvalue weighted by molar-refractivity contribution is -0.110. The number of allylic oxidation sites excluding steroid dienone is 5. The van der Waals surface area contributed by atoms with Gasteiger partial charge in [-0.25, -0.2) is 0 Å². The molecular weight excluding hydrogens is 186 g/mol. The predicted octanol–water partition coefficient (Wildman–Crippen LogP) is 2.19. The molecular formula is C13H9NO. The van der Waals surface area contributed by atoms with Gasteiger partial charge in [-0.3, -0.25) is 4.79 Å². The molecule has 0 heterocycles. The molecule has 0 aromatic heterocycles. The van der Waals surface area contributed by atoms with Crippen LogP contribution in [0.4, 0.5) is 5.69 Å². The molecule has 0 spiro atoms. The van der Waals surface area contributed by atoms with Gasteiger partial charge in [-0.1, -0.05) is 18.2 Å². The molecule has 2 aliphatic rings. The van der Waals surface area contributed by atoms with Crippen LogP contribution in [0.15, 0.2) is 42.0 Å². The molecule has 1 aromatic carbocycles. The van der Waals surface area contributed by atoms with Crippen molar-refractivity contribution in [3.05, 3.63) is 53.1 Å². The van der Waals surface area contributed by atoms with Gasteiger partial charge in [0.1, 0.15) is 0 Å². The second-order valence-electron chi connectivity index (χ2n) is 3.71. The summed E-state index contributed by atoms with van der Waals surface area (Å²) >= 11 is 0. The normalized spacial score (nSPS) is 16.9. The van der Waals surface area contributed by atoms with Crippen LogP contribution in [0.5, 0.6) is 0 Å². The first-order valence-electron chi connectivity index (χ1n) is 4.80. The Labute approximate surface area is 87.4 Å². The maximum absolute atomic E-state index is 11.6. The van der Waals surface area contributed by atoms with Gasteiger partial charge in [0.15, 0.2) is 5.78 Å². The summed E-state index contributed by atoms with van der Waals surface area (Å²) in [7, 11) is 0. The average molecular weight is 195 g/mol. The number of fused-ring (bicyclic) bond motifs is 3. The Balaban J connectivity index is 2.27. The minimum Gasteiger partial charge on any atom is -0.399 e. The molecule has 0 bridgehead atoms. The Morgan fingerprint density at radius 2 is 2.00 bits per heavy atom. The average Bonchev–Trinajstić information content (AvgIpc) is 2.58. The SMILES string of the molecule is Nc1ccc2c(c1)C1=CC=CC(=O)C1=C2. The van der Waals surface area contributed by atoms with E-state index in [-0.39, 0.29) is 5.78 Å². The summed E-state index contributed by atoms with van der Waals surface area (Å²) in [6.45, 7) is 0. The van der Waals surface area contributed by atoms with Crippen LogP contribution in [0, 0.1) is 0 Å². The van der Waals surface area contributed by atoms with Crippen molar-refractivity contribution in [3.8, 4) is 0 Å². The Morgan fingerprint density at radius 1 is 1.13 bits per heavy atom. The standard InChI is InChI=1S/C13H9NO/c14-9-5-4-8-6-12-10(11(8)7-9)2-1-3-13(12)15/h1-7H,14H2. The first-order chi connectivity index (χ1) is 7.25. The highest BCUT2D eigenvalue weighted by Gasteiger charge is 2.23. The van der Waals surface area contributed by atoms with Crippen LogP contribution in [0.1, 0.15) is 11.1 Å². The van der Waals surface area contributed by atoms with E-state index in [1.165, 1.54) is 0 Å². The molecule has 0 atom stereocenters. The predicted molar refractivity (Wildman–Crippen MR) is 61.0 cm³/mol. The van der Waals surface area contributed by atoms with Crippen LogP contribution in [-0.2, 0) is 4.79 Å². The number of benzene rings is 1. The molecule has 0 radical (unpaired) electrons. The van der Waals surface area contributed by atoms with Crippen molar-refractivity contribution >= 4 is 23.1 Å². The third kappa shape index (κ3) is 1.08. The van der Waals surface area contributed by atoms with Crippen molar-refractivity contribution in [1.29, 1.82) is 0 Å². The minimum atomic E-state index is 0.0715. The monoisotopic (exact) mass is 195 g/mol. The summed E-state index contributed by atoms with van der Waals surface area (Å²) in [4.78, 5) is 11.6. The fourth-order valence-corrected chi connectivity index (χ4v) is 2.02. The molecule has 2 N–H and O–H groups in total. The van der Waals surface area contributed by atoms with Crippen molar-refractivity contribution in [3.63, 3.8) is 0 Å². The summed E-state index contributed by atoms with van der Waals surface area (Å²) in [6, 6.07) is 5.72. The molecule has 0 aliphatic heterocycles. The van der Waals surface area contributed by atoms with E-state index in [2.05, 4.69) is 0 Å². The Kier molecular flexibility index (Phi) is 1.48. The van der Waals surface area contributed by atoms with Gasteiger partial charge in [0.25, 0.3) is 0 Å². The van der Waals surface area contributed by atoms with Gasteiger partial charge >= 0.3 is 0 Å². The van der Waals surface area contributed by atoms with Gasteiger partial charge < -0.3 is 5.73 Å². The summed E-state index contributed by atoms with van der Waals surface area (Å²) in [5.74, 6) is 0.0715. The van der Waals surface area contributed by atoms with E-state index in [1.54, 1.807) is 12.2 Å². The molecule has 3 rings (SSSR count). The summed E-state index contributed by atoms with van der Waals surface area (Å²) in [5, 5.41) is 0. The van der Waals surface area contributed by atoms with E-state index in [0.717, 1.165) is 28.0 Å². The second-order valence-corrected chi connectivity index (χ2v) is 3.71. The number of nitrogens with two attached hydrogens (primary N) is 1. The highest BCUT2D eigenvalue weighted by atomic mass is 16.1. The van der Waals surface area contributed by atoms with Gasteiger partial charge in [0.05, 0.1) is 0 Å². The molecule has 0 saturated heterocycles. The van der Waals surface area contributed by atoms with Crippen molar-refractivity contribution in [1.82, 2.24) is 0 Å². The lowest BCUT2D eigenvalue weighted by Gasteiger charge is -2.07. The van der Waals surface area contributed by atoms with Gasteiger partial charge in [-0.2, -0.15) is 0 Å². The first kappa shape index (κ1) is 8.24. The molecule has 2 heteroatoms. The van der Waals surface area contributed by atoms with Gasteiger partial charge in [-0.05, 0) is 41.0 Å².